The number of nitrogens with zero attached hydrogens (tertiary/aromatic N) is 2. The standard InChI is InChI=1S/C15H27N3O2/c1-4-20-10-6-9-16-15-17-12(2)11-18(15)13-7-5-8-14(13)19-3/h11,13-14H,4-10H2,1-3H3,(H,16,17). The van der Waals surface area contributed by atoms with E-state index in [0.717, 1.165) is 44.2 Å². The van der Waals surface area contributed by atoms with Crippen LogP contribution in [0.25, 0.3) is 0 Å². The minimum Gasteiger partial charge on any atom is -0.382 e. The van der Waals surface area contributed by atoms with Gasteiger partial charge in [0.2, 0.25) is 5.95 Å². The third-order valence-corrected chi connectivity index (χ3v) is 3.88. The van der Waals surface area contributed by atoms with Crippen LogP contribution in [0, 0.1) is 6.92 Å². The molecule has 20 heavy (non-hydrogen) atoms. The lowest BCUT2D eigenvalue weighted by atomic mass is 10.2. The van der Waals surface area contributed by atoms with Gasteiger partial charge in [0.1, 0.15) is 0 Å². The van der Waals surface area contributed by atoms with E-state index in [0.29, 0.717) is 12.1 Å². The van der Waals surface area contributed by atoms with Crippen LogP contribution in [-0.4, -0.2) is 42.5 Å². The topological polar surface area (TPSA) is 48.3 Å². The molecular formula is C15H27N3O2. The molecule has 0 amide bonds. The molecule has 1 aromatic heterocycles. The molecule has 1 fully saturated rings. The molecular weight excluding hydrogens is 254 g/mol. The van der Waals surface area contributed by atoms with Gasteiger partial charge in [0.15, 0.2) is 0 Å². The maximum atomic E-state index is 5.60. The van der Waals surface area contributed by atoms with Gasteiger partial charge >= 0.3 is 0 Å². The SMILES string of the molecule is CCOCCCNc1nc(C)cn1C1CCCC1OC. The maximum Gasteiger partial charge on any atom is 0.203 e. The fourth-order valence-electron chi connectivity index (χ4n) is 2.92. The van der Waals surface area contributed by atoms with Crippen molar-refractivity contribution in [2.75, 3.05) is 32.2 Å². The number of hydrogen-bond donors (Lipinski definition) is 1. The lowest BCUT2D eigenvalue weighted by molar-refractivity contribution is 0.0755. The second kappa shape index (κ2) is 7.64. The van der Waals surface area contributed by atoms with Crippen LogP contribution in [0.4, 0.5) is 5.95 Å². The van der Waals surface area contributed by atoms with Gasteiger partial charge in [-0.3, -0.25) is 0 Å². The van der Waals surface area contributed by atoms with Gasteiger partial charge in [-0.25, -0.2) is 4.98 Å². The molecule has 0 bridgehead atoms. The first kappa shape index (κ1) is 15.3. The molecule has 5 nitrogen and oxygen atoms in total. The van der Waals surface area contributed by atoms with Crippen molar-refractivity contribution in [2.24, 2.45) is 0 Å². The van der Waals surface area contributed by atoms with Gasteiger partial charge in [-0.05, 0) is 39.5 Å². The van der Waals surface area contributed by atoms with Crippen LogP contribution in [0.3, 0.4) is 0 Å². The van der Waals surface area contributed by atoms with Crippen molar-refractivity contribution in [3.05, 3.63) is 11.9 Å². The van der Waals surface area contributed by atoms with Crippen molar-refractivity contribution >= 4 is 5.95 Å². The molecule has 2 atom stereocenters. The summed E-state index contributed by atoms with van der Waals surface area (Å²) < 4.78 is 13.2. The monoisotopic (exact) mass is 281 g/mol. The number of hydrogen-bond acceptors (Lipinski definition) is 4. The van der Waals surface area contributed by atoms with Crippen LogP contribution in [0.15, 0.2) is 6.20 Å². The fourth-order valence-corrected chi connectivity index (χ4v) is 2.92. The van der Waals surface area contributed by atoms with Crippen LogP contribution in [0.1, 0.15) is 44.3 Å². The number of ether oxygens (including phenoxy) is 2. The molecule has 1 saturated carbocycles. The first-order chi connectivity index (χ1) is 9.76. The number of aromatic nitrogens is 2. The Kier molecular flexibility index (Phi) is 5.86. The summed E-state index contributed by atoms with van der Waals surface area (Å²) in [5.74, 6) is 0.966. The molecule has 1 aliphatic carbocycles. The summed E-state index contributed by atoms with van der Waals surface area (Å²) in [6.45, 7) is 6.53. The number of anilines is 1. The Morgan fingerprint density at radius 3 is 3.05 bits per heavy atom. The Labute approximate surface area is 121 Å². The molecule has 2 unspecified atom stereocenters. The second-order valence-electron chi connectivity index (χ2n) is 5.36. The molecule has 5 heteroatoms. The van der Waals surface area contributed by atoms with Crippen molar-refractivity contribution in [2.45, 2.75) is 51.7 Å². The van der Waals surface area contributed by atoms with E-state index in [9.17, 15) is 0 Å². The van der Waals surface area contributed by atoms with E-state index in [1.807, 2.05) is 21.0 Å². The maximum absolute atomic E-state index is 5.60. The van der Waals surface area contributed by atoms with Crippen molar-refractivity contribution in [3.8, 4) is 0 Å². The average Bonchev–Trinajstić information content (AvgIpc) is 3.04. The van der Waals surface area contributed by atoms with Gasteiger partial charge in [-0.15, -0.1) is 0 Å². The molecule has 0 aliphatic heterocycles. The molecule has 1 aliphatic rings. The highest BCUT2D eigenvalue weighted by atomic mass is 16.5. The second-order valence-corrected chi connectivity index (χ2v) is 5.36. The van der Waals surface area contributed by atoms with E-state index >= 15 is 0 Å². The van der Waals surface area contributed by atoms with E-state index in [-0.39, 0.29) is 0 Å². The first-order valence-electron chi connectivity index (χ1n) is 7.66. The summed E-state index contributed by atoms with van der Waals surface area (Å²) in [6.07, 6.45) is 6.98. The van der Waals surface area contributed by atoms with Gasteiger partial charge in [-0.1, -0.05) is 0 Å². The lowest BCUT2D eigenvalue weighted by Gasteiger charge is -2.22. The zero-order chi connectivity index (χ0) is 14.4. The van der Waals surface area contributed by atoms with Crippen molar-refractivity contribution in [3.63, 3.8) is 0 Å². The normalized spacial score (nSPS) is 22.4. The van der Waals surface area contributed by atoms with E-state index < -0.39 is 0 Å². The molecule has 2 rings (SSSR count). The third-order valence-electron chi connectivity index (χ3n) is 3.88. The van der Waals surface area contributed by atoms with Crippen LogP contribution in [0.5, 0.6) is 0 Å². The molecule has 0 aromatic carbocycles. The Bertz CT molecular complexity index is 406. The zero-order valence-corrected chi connectivity index (χ0v) is 12.9. The van der Waals surface area contributed by atoms with Crippen LogP contribution >= 0.6 is 0 Å². The highest BCUT2D eigenvalue weighted by molar-refractivity contribution is 5.30. The predicted octanol–water partition coefficient (Wildman–Crippen LogP) is 2.77. The highest BCUT2D eigenvalue weighted by Crippen LogP contribution is 2.34. The summed E-state index contributed by atoms with van der Waals surface area (Å²) in [5.41, 5.74) is 1.05. The van der Waals surface area contributed by atoms with Crippen LogP contribution < -0.4 is 5.32 Å². The fraction of sp³-hybridized carbons (Fsp3) is 0.800. The van der Waals surface area contributed by atoms with Gasteiger partial charge in [-0.2, -0.15) is 0 Å². The summed E-state index contributed by atoms with van der Waals surface area (Å²) in [4.78, 5) is 4.60. The van der Waals surface area contributed by atoms with Crippen molar-refractivity contribution in [1.82, 2.24) is 9.55 Å². The summed E-state index contributed by atoms with van der Waals surface area (Å²) in [5, 5.41) is 3.43. The van der Waals surface area contributed by atoms with E-state index in [2.05, 4.69) is 21.1 Å². The molecule has 114 valence electrons. The summed E-state index contributed by atoms with van der Waals surface area (Å²) >= 11 is 0. The minimum absolute atomic E-state index is 0.313. The lowest BCUT2D eigenvalue weighted by Crippen LogP contribution is -2.22. The Morgan fingerprint density at radius 2 is 2.30 bits per heavy atom. The largest absolute Gasteiger partial charge is 0.382 e. The molecule has 0 radical (unpaired) electrons. The van der Waals surface area contributed by atoms with Gasteiger partial charge < -0.3 is 19.4 Å². The summed E-state index contributed by atoms with van der Waals surface area (Å²) in [6, 6.07) is 0.413. The highest BCUT2D eigenvalue weighted by Gasteiger charge is 2.30. The molecule has 0 saturated heterocycles. The van der Waals surface area contributed by atoms with Crippen LogP contribution in [-0.2, 0) is 9.47 Å². The number of aryl methyl sites for hydroxylation is 1. The zero-order valence-electron chi connectivity index (χ0n) is 12.9. The number of nitrogens with one attached hydrogen (secondary N) is 1. The Balaban J connectivity index is 1.95. The van der Waals surface area contributed by atoms with E-state index in [4.69, 9.17) is 9.47 Å². The predicted molar refractivity (Wildman–Crippen MR) is 80.2 cm³/mol. The third kappa shape index (κ3) is 3.73. The Morgan fingerprint density at radius 1 is 1.45 bits per heavy atom. The van der Waals surface area contributed by atoms with Gasteiger partial charge in [0.25, 0.3) is 0 Å². The summed E-state index contributed by atoms with van der Waals surface area (Å²) in [7, 11) is 1.81. The van der Waals surface area contributed by atoms with Crippen molar-refractivity contribution < 1.29 is 9.47 Å². The van der Waals surface area contributed by atoms with Gasteiger partial charge in [0, 0.05) is 33.1 Å². The smallest absolute Gasteiger partial charge is 0.203 e. The molecule has 1 heterocycles. The van der Waals surface area contributed by atoms with E-state index in [1.54, 1.807) is 0 Å². The number of rotatable bonds is 8. The van der Waals surface area contributed by atoms with Crippen molar-refractivity contribution in [1.29, 1.82) is 0 Å². The Hall–Kier alpha value is -1.07. The first-order valence-corrected chi connectivity index (χ1v) is 7.66. The average molecular weight is 281 g/mol. The van der Waals surface area contributed by atoms with E-state index in [1.165, 1.54) is 12.8 Å². The quantitative estimate of drug-likeness (QED) is 0.744. The van der Waals surface area contributed by atoms with Crippen LogP contribution in [0.2, 0.25) is 0 Å². The number of methoxy groups -OCH3 is 1. The molecule has 1 aromatic rings. The molecule has 1 N–H and O–H groups in total. The van der Waals surface area contributed by atoms with Gasteiger partial charge in [0.05, 0.1) is 17.8 Å². The minimum atomic E-state index is 0.313. The molecule has 0 spiro atoms. The number of imidazole rings is 1.